The number of aromatic nitrogens is 1. The van der Waals surface area contributed by atoms with Crippen molar-refractivity contribution in [1.82, 2.24) is 9.88 Å². The van der Waals surface area contributed by atoms with E-state index in [1.54, 1.807) is 30.3 Å². The Balaban J connectivity index is 1.74. The summed E-state index contributed by atoms with van der Waals surface area (Å²) in [4.78, 5) is 39.3. The maximum Gasteiger partial charge on any atom is 0.335 e. The molecule has 1 aliphatic heterocycles. The van der Waals surface area contributed by atoms with Gasteiger partial charge in [0.05, 0.1) is 12.3 Å². The number of nitrogens with one attached hydrogen (secondary N) is 1. The number of halogens is 1. The number of anilines is 1. The van der Waals surface area contributed by atoms with Crippen LogP contribution < -0.4 is 15.0 Å². The summed E-state index contributed by atoms with van der Waals surface area (Å²) in [6.07, 6.45) is 1.51. The molecule has 0 saturated carbocycles. The molecular weight excluding hydrogens is 442 g/mol. The minimum absolute atomic E-state index is 0.136. The zero-order valence-electron chi connectivity index (χ0n) is 18.4. The van der Waals surface area contributed by atoms with Gasteiger partial charge in [-0.3, -0.25) is 14.9 Å². The smallest absolute Gasteiger partial charge is 0.335 e. The second-order valence-corrected chi connectivity index (χ2v) is 7.97. The van der Waals surface area contributed by atoms with Crippen LogP contribution in [0.1, 0.15) is 23.9 Å². The standard InChI is InChI=1S/C25H22ClN3O4/c1-4-33-21-10-6-9-20(14-21)29-24(31)22(23(30)27-25(29)32)12-17-11-15(2)28(16(17)3)19-8-5-7-18(26)13-19/h5-14H,4H2,1-3H3,(H,27,30,32)/b22-12+. The number of urea groups is 1. The summed E-state index contributed by atoms with van der Waals surface area (Å²) in [5, 5.41) is 2.86. The number of carbonyl (C=O) groups excluding carboxylic acids is 3. The number of imide groups is 2. The Morgan fingerprint density at radius 1 is 1.00 bits per heavy atom. The molecule has 1 fully saturated rings. The van der Waals surface area contributed by atoms with Crippen LogP contribution in [0.5, 0.6) is 5.75 Å². The van der Waals surface area contributed by atoms with Gasteiger partial charge in [0.25, 0.3) is 11.8 Å². The minimum Gasteiger partial charge on any atom is -0.494 e. The summed E-state index contributed by atoms with van der Waals surface area (Å²) in [6.45, 7) is 6.09. The van der Waals surface area contributed by atoms with Gasteiger partial charge in [0.2, 0.25) is 0 Å². The molecule has 0 atom stereocenters. The predicted molar refractivity (Wildman–Crippen MR) is 127 cm³/mol. The molecule has 0 bridgehead atoms. The molecule has 2 aromatic carbocycles. The predicted octanol–water partition coefficient (Wildman–Crippen LogP) is 4.81. The highest BCUT2D eigenvalue weighted by Gasteiger charge is 2.37. The molecule has 33 heavy (non-hydrogen) atoms. The van der Waals surface area contributed by atoms with E-state index in [0.717, 1.165) is 22.0 Å². The Morgan fingerprint density at radius 2 is 1.73 bits per heavy atom. The summed E-state index contributed by atoms with van der Waals surface area (Å²) in [6, 6.07) is 15.1. The highest BCUT2D eigenvalue weighted by atomic mass is 35.5. The first-order chi connectivity index (χ1) is 15.8. The second-order valence-electron chi connectivity index (χ2n) is 7.53. The van der Waals surface area contributed by atoms with Crippen molar-refractivity contribution in [1.29, 1.82) is 0 Å². The van der Waals surface area contributed by atoms with Gasteiger partial charge >= 0.3 is 6.03 Å². The van der Waals surface area contributed by atoms with Crippen LogP contribution in [0.2, 0.25) is 5.02 Å². The lowest BCUT2D eigenvalue weighted by atomic mass is 10.1. The van der Waals surface area contributed by atoms with E-state index in [2.05, 4.69) is 5.32 Å². The van der Waals surface area contributed by atoms with Gasteiger partial charge in [0.1, 0.15) is 11.3 Å². The summed E-state index contributed by atoms with van der Waals surface area (Å²) < 4.78 is 7.45. The Kier molecular flexibility index (Phi) is 6.07. The molecule has 4 amide bonds. The third kappa shape index (κ3) is 4.27. The van der Waals surface area contributed by atoms with Gasteiger partial charge in [-0.1, -0.05) is 23.7 Å². The monoisotopic (exact) mass is 463 g/mol. The first-order valence-electron chi connectivity index (χ1n) is 10.4. The van der Waals surface area contributed by atoms with E-state index in [-0.39, 0.29) is 5.57 Å². The lowest BCUT2D eigenvalue weighted by Crippen LogP contribution is -2.54. The average molecular weight is 464 g/mol. The molecule has 0 aliphatic carbocycles. The molecule has 0 spiro atoms. The van der Waals surface area contributed by atoms with Crippen molar-refractivity contribution >= 4 is 41.2 Å². The molecule has 2 heterocycles. The first-order valence-corrected chi connectivity index (χ1v) is 10.8. The van der Waals surface area contributed by atoms with E-state index in [9.17, 15) is 14.4 Å². The summed E-state index contributed by atoms with van der Waals surface area (Å²) in [7, 11) is 0. The first kappa shape index (κ1) is 22.4. The fourth-order valence-corrected chi connectivity index (χ4v) is 4.06. The SMILES string of the molecule is CCOc1cccc(N2C(=O)NC(=O)/C(=C\c3cc(C)n(-c4cccc(Cl)c4)c3C)C2=O)c1. The molecule has 0 unspecified atom stereocenters. The van der Waals surface area contributed by atoms with Crippen molar-refractivity contribution in [2.75, 3.05) is 11.5 Å². The highest BCUT2D eigenvalue weighted by Crippen LogP contribution is 2.28. The minimum atomic E-state index is -0.805. The highest BCUT2D eigenvalue weighted by molar-refractivity contribution is 6.39. The molecular formula is C25H22ClN3O4. The fourth-order valence-electron chi connectivity index (χ4n) is 3.87. The summed E-state index contributed by atoms with van der Waals surface area (Å²) in [5.74, 6) is -0.928. The summed E-state index contributed by atoms with van der Waals surface area (Å²) in [5.41, 5.74) is 3.45. The van der Waals surface area contributed by atoms with E-state index in [4.69, 9.17) is 16.3 Å². The molecule has 1 aliphatic rings. The van der Waals surface area contributed by atoms with Gasteiger partial charge in [-0.15, -0.1) is 0 Å². The zero-order chi connectivity index (χ0) is 23.7. The van der Waals surface area contributed by atoms with Crippen LogP contribution in [0.4, 0.5) is 10.5 Å². The topological polar surface area (TPSA) is 80.6 Å². The van der Waals surface area contributed by atoms with Crippen molar-refractivity contribution < 1.29 is 19.1 Å². The van der Waals surface area contributed by atoms with E-state index in [0.29, 0.717) is 28.6 Å². The van der Waals surface area contributed by atoms with Gasteiger partial charge in [-0.25, -0.2) is 9.69 Å². The maximum atomic E-state index is 13.2. The van der Waals surface area contributed by atoms with Crippen LogP contribution in [0, 0.1) is 13.8 Å². The van der Waals surface area contributed by atoms with E-state index < -0.39 is 17.8 Å². The van der Waals surface area contributed by atoms with Gasteiger partial charge in [0, 0.05) is 28.2 Å². The van der Waals surface area contributed by atoms with Crippen LogP contribution in [0.15, 0.2) is 60.2 Å². The number of ether oxygens (including phenoxy) is 1. The van der Waals surface area contributed by atoms with Gasteiger partial charge in [-0.2, -0.15) is 0 Å². The largest absolute Gasteiger partial charge is 0.494 e. The lowest BCUT2D eigenvalue weighted by molar-refractivity contribution is -0.122. The van der Waals surface area contributed by atoms with E-state index in [1.807, 2.05) is 49.6 Å². The Labute approximate surface area is 196 Å². The van der Waals surface area contributed by atoms with Crippen molar-refractivity contribution in [3.8, 4) is 11.4 Å². The normalized spacial score (nSPS) is 15.2. The zero-order valence-corrected chi connectivity index (χ0v) is 19.1. The number of hydrogen-bond acceptors (Lipinski definition) is 4. The van der Waals surface area contributed by atoms with Crippen molar-refractivity contribution in [2.24, 2.45) is 0 Å². The van der Waals surface area contributed by atoms with Crippen molar-refractivity contribution in [3.63, 3.8) is 0 Å². The van der Waals surface area contributed by atoms with Crippen molar-refractivity contribution in [3.05, 3.63) is 82.1 Å². The number of amides is 4. The molecule has 8 heteroatoms. The molecule has 1 saturated heterocycles. The van der Waals surface area contributed by atoms with Crippen LogP contribution >= 0.6 is 11.6 Å². The number of aryl methyl sites for hydroxylation is 1. The number of rotatable bonds is 5. The van der Waals surface area contributed by atoms with Gasteiger partial charge in [-0.05, 0) is 68.8 Å². The average Bonchev–Trinajstić information content (AvgIpc) is 3.04. The Bertz CT molecular complexity index is 1310. The summed E-state index contributed by atoms with van der Waals surface area (Å²) >= 11 is 6.15. The number of benzene rings is 2. The lowest BCUT2D eigenvalue weighted by Gasteiger charge is -2.26. The van der Waals surface area contributed by atoms with Crippen LogP contribution in [0.25, 0.3) is 11.8 Å². The molecule has 7 nitrogen and oxygen atoms in total. The number of nitrogens with zero attached hydrogens (tertiary/aromatic N) is 2. The number of barbiturate groups is 1. The maximum absolute atomic E-state index is 13.2. The van der Waals surface area contributed by atoms with Crippen LogP contribution in [0.3, 0.4) is 0 Å². The van der Waals surface area contributed by atoms with Crippen LogP contribution in [-0.4, -0.2) is 29.0 Å². The van der Waals surface area contributed by atoms with Crippen LogP contribution in [-0.2, 0) is 9.59 Å². The third-order valence-corrected chi connectivity index (χ3v) is 5.56. The molecule has 3 aromatic rings. The number of carbonyl (C=O) groups is 3. The molecule has 1 N–H and O–H groups in total. The molecule has 4 rings (SSSR count). The second kappa shape index (κ2) is 8.96. The van der Waals surface area contributed by atoms with Gasteiger partial charge < -0.3 is 9.30 Å². The Hall–Kier alpha value is -3.84. The quantitative estimate of drug-likeness (QED) is 0.435. The molecule has 168 valence electrons. The van der Waals surface area contributed by atoms with E-state index in [1.165, 1.54) is 6.08 Å². The molecule has 0 radical (unpaired) electrons. The molecule has 1 aromatic heterocycles. The van der Waals surface area contributed by atoms with Gasteiger partial charge in [0.15, 0.2) is 0 Å². The van der Waals surface area contributed by atoms with Crippen molar-refractivity contribution in [2.45, 2.75) is 20.8 Å². The van der Waals surface area contributed by atoms with E-state index >= 15 is 0 Å². The fraction of sp³-hybridized carbons (Fsp3) is 0.160. The Morgan fingerprint density at radius 3 is 2.45 bits per heavy atom. The third-order valence-electron chi connectivity index (χ3n) is 5.33. The number of hydrogen-bond donors (Lipinski definition) is 1.